The predicted molar refractivity (Wildman–Crippen MR) is 66.1 cm³/mol. The van der Waals surface area contributed by atoms with Crippen molar-refractivity contribution in [2.75, 3.05) is 0 Å². The maximum absolute atomic E-state index is 13.3. The zero-order chi connectivity index (χ0) is 11.1. The topological polar surface area (TPSA) is 0 Å². The molecule has 0 spiro atoms. The minimum absolute atomic E-state index is 0.00561. The number of thiophene rings is 1. The highest BCUT2D eigenvalue weighted by Gasteiger charge is 2.05. The third-order valence-electron chi connectivity index (χ3n) is 2.64. The smallest absolute Gasteiger partial charge is 0.137 e. The van der Waals surface area contributed by atoms with E-state index in [0.29, 0.717) is 0 Å². The minimum Gasteiger partial charge on any atom is -0.206 e. The molecule has 0 aromatic carbocycles. The molecule has 0 N–H and O–H groups in total. The predicted octanol–water partition coefficient (Wildman–Crippen LogP) is 5.10. The van der Waals surface area contributed by atoms with E-state index in [0.717, 1.165) is 22.6 Å². The SMILES string of the molecule is CCCCCCCCc1sc(C)cc1F. The Morgan fingerprint density at radius 1 is 1.13 bits per heavy atom. The van der Waals surface area contributed by atoms with Gasteiger partial charge in [0.15, 0.2) is 0 Å². The van der Waals surface area contributed by atoms with E-state index in [4.69, 9.17) is 0 Å². The molecule has 0 unspecified atom stereocenters. The van der Waals surface area contributed by atoms with Gasteiger partial charge in [-0.2, -0.15) is 0 Å². The summed E-state index contributed by atoms with van der Waals surface area (Å²) >= 11 is 1.61. The molecular weight excluding hydrogens is 207 g/mol. The van der Waals surface area contributed by atoms with Gasteiger partial charge in [-0.3, -0.25) is 0 Å². The first-order chi connectivity index (χ1) is 7.24. The van der Waals surface area contributed by atoms with Crippen LogP contribution >= 0.6 is 11.3 Å². The Hall–Kier alpha value is -0.370. The molecule has 0 aliphatic heterocycles. The molecule has 15 heavy (non-hydrogen) atoms. The Labute approximate surface area is 96.5 Å². The van der Waals surface area contributed by atoms with E-state index >= 15 is 0 Å². The van der Waals surface area contributed by atoms with Crippen molar-refractivity contribution in [1.29, 1.82) is 0 Å². The zero-order valence-corrected chi connectivity index (χ0v) is 10.6. The van der Waals surface area contributed by atoms with Crippen LogP contribution in [0.25, 0.3) is 0 Å². The fraction of sp³-hybridized carbons (Fsp3) is 0.692. The second-order valence-corrected chi connectivity index (χ2v) is 5.49. The highest BCUT2D eigenvalue weighted by Crippen LogP contribution is 2.22. The monoisotopic (exact) mass is 228 g/mol. The molecule has 1 heterocycles. The molecule has 1 aromatic heterocycles. The van der Waals surface area contributed by atoms with E-state index in [1.807, 2.05) is 6.92 Å². The molecular formula is C13H21FS. The molecule has 0 nitrogen and oxygen atoms in total. The van der Waals surface area contributed by atoms with Crippen LogP contribution in [0.1, 0.15) is 55.2 Å². The molecule has 0 aliphatic carbocycles. The molecule has 0 radical (unpaired) electrons. The van der Waals surface area contributed by atoms with Crippen molar-refractivity contribution in [2.24, 2.45) is 0 Å². The molecule has 86 valence electrons. The number of halogens is 1. The average Bonchev–Trinajstić information content (AvgIpc) is 2.51. The summed E-state index contributed by atoms with van der Waals surface area (Å²) in [6, 6.07) is 1.65. The normalized spacial score (nSPS) is 10.9. The third kappa shape index (κ3) is 4.78. The summed E-state index contributed by atoms with van der Waals surface area (Å²) < 4.78 is 13.3. The lowest BCUT2D eigenvalue weighted by atomic mass is 10.1. The van der Waals surface area contributed by atoms with Gasteiger partial charge in [0.1, 0.15) is 5.82 Å². The summed E-state index contributed by atoms with van der Waals surface area (Å²) in [5.74, 6) is 0.00561. The first-order valence-corrected chi connectivity index (χ1v) is 6.80. The van der Waals surface area contributed by atoms with E-state index in [-0.39, 0.29) is 5.82 Å². The van der Waals surface area contributed by atoms with E-state index in [9.17, 15) is 4.39 Å². The van der Waals surface area contributed by atoms with E-state index in [1.54, 1.807) is 17.4 Å². The molecule has 0 saturated carbocycles. The highest BCUT2D eigenvalue weighted by atomic mass is 32.1. The molecule has 2 heteroatoms. The van der Waals surface area contributed by atoms with Crippen molar-refractivity contribution in [3.63, 3.8) is 0 Å². The van der Waals surface area contributed by atoms with Gasteiger partial charge in [-0.05, 0) is 25.8 Å². The van der Waals surface area contributed by atoms with Crippen molar-refractivity contribution in [1.82, 2.24) is 0 Å². The van der Waals surface area contributed by atoms with Crippen LogP contribution in [0.15, 0.2) is 6.07 Å². The molecule has 0 amide bonds. The Bertz CT molecular complexity index is 278. The fourth-order valence-electron chi connectivity index (χ4n) is 1.77. The van der Waals surface area contributed by atoms with Crippen LogP contribution in [0.2, 0.25) is 0 Å². The Kier molecular flexibility index (Phi) is 5.92. The van der Waals surface area contributed by atoms with Gasteiger partial charge in [-0.25, -0.2) is 4.39 Å². The zero-order valence-electron chi connectivity index (χ0n) is 9.81. The first-order valence-electron chi connectivity index (χ1n) is 5.99. The number of rotatable bonds is 7. The fourth-order valence-corrected chi connectivity index (χ4v) is 2.72. The molecule has 0 aliphatic rings. The van der Waals surface area contributed by atoms with Crippen molar-refractivity contribution in [3.8, 4) is 0 Å². The van der Waals surface area contributed by atoms with E-state index in [2.05, 4.69) is 6.92 Å². The maximum Gasteiger partial charge on any atom is 0.137 e. The number of unbranched alkanes of at least 4 members (excludes halogenated alkanes) is 5. The largest absolute Gasteiger partial charge is 0.206 e. The van der Waals surface area contributed by atoms with Crippen molar-refractivity contribution >= 4 is 11.3 Å². The van der Waals surface area contributed by atoms with Crippen LogP contribution in [0.3, 0.4) is 0 Å². The molecule has 0 saturated heterocycles. The number of aryl methyl sites for hydroxylation is 2. The molecule has 0 atom stereocenters. The average molecular weight is 228 g/mol. The van der Waals surface area contributed by atoms with Gasteiger partial charge in [0.2, 0.25) is 0 Å². The molecule has 0 bridgehead atoms. The van der Waals surface area contributed by atoms with Gasteiger partial charge < -0.3 is 0 Å². The van der Waals surface area contributed by atoms with E-state index < -0.39 is 0 Å². The molecule has 1 aromatic rings. The van der Waals surface area contributed by atoms with Crippen LogP contribution in [0.4, 0.5) is 4.39 Å². The van der Waals surface area contributed by atoms with Gasteiger partial charge in [-0.15, -0.1) is 11.3 Å². The Morgan fingerprint density at radius 2 is 1.80 bits per heavy atom. The number of hydrogen-bond donors (Lipinski definition) is 0. The van der Waals surface area contributed by atoms with Crippen LogP contribution in [0.5, 0.6) is 0 Å². The second kappa shape index (κ2) is 7.00. The summed E-state index contributed by atoms with van der Waals surface area (Å²) in [5.41, 5.74) is 0. The second-order valence-electron chi connectivity index (χ2n) is 4.15. The van der Waals surface area contributed by atoms with Crippen molar-refractivity contribution < 1.29 is 4.39 Å². The van der Waals surface area contributed by atoms with Gasteiger partial charge in [0.25, 0.3) is 0 Å². The van der Waals surface area contributed by atoms with Crippen molar-refractivity contribution in [3.05, 3.63) is 21.6 Å². The van der Waals surface area contributed by atoms with Gasteiger partial charge in [0.05, 0.1) is 0 Å². The van der Waals surface area contributed by atoms with Crippen LogP contribution < -0.4 is 0 Å². The molecule has 1 rings (SSSR count). The number of hydrogen-bond acceptors (Lipinski definition) is 1. The Morgan fingerprint density at radius 3 is 2.40 bits per heavy atom. The quantitative estimate of drug-likeness (QED) is 0.570. The summed E-state index contributed by atoms with van der Waals surface area (Å²) in [7, 11) is 0. The van der Waals surface area contributed by atoms with Gasteiger partial charge in [0, 0.05) is 9.75 Å². The standard InChI is InChI=1S/C13H21FS/c1-3-4-5-6-7-8-9-13-12(14)10-11(2)15-13/h10H,3-9H2,1-2H3. The third-order valence-corrected chi connectivity index (χ3v) is 3.72. The lowest BCUT2D eigenvalue weighted by molar-refractivity contribution is 0.587. The summed E-state index contributed by atoms with van der Waals surface area (Å²) in [5, 5.41) is 0. The lowest BCUT2D eigenvalue weighted by Gasteiger charge is -1.99. The highest BCUT2D eigenvalue weighted by molar-refractivity contribution is 7.11. The minimum atomic E-state index is 0.00561. The summed E-state index contributed by atoms with van der Waals surface area (Å²) in [6.45, 7) is 4.20. The Balaban J connectivity index is 2.12. The lowest BCUT2D eigenvalue weighted by Crippen LogP contribution is -1.85. The summed E-state index contributed by atoms with van der Waals surface area (Å²) in [4.78, 5) is 2.04. The maximum atomic E-state index is 13.3. The van der Waals surface area contributed by atoms with Gasteiger partial charge in [-0.1, -0.05) is 39.0 Å². The molecule has 0 fully saturated rings. The van der Waals surface area contributed by atoms with Crippen LogP contribution in [-0.2, 0) is 6.42 Å². The van der Waals surface area contributed by atoms with E-state index in [1.165, 1.54) is 32.1 Å². The van der Waals surface area contributed by atoms with Crippen LogP contribution in [0, 0.1) is 12.7 Å². The van der Waals surface area contributed by atoms with Gasteiger partial charge >= 0.3 is 0 Å². The van der Waals surface area contributed by atoms with Crippen molar-refractivity contribution in [2.45, 2.75) is 58.8 Å². The first kappa shape index (κ1) is 12.7. The summed E-state index contributed by atoms with van der Waals surface area (Å²) in [6.07, 6.45) is 8.58. The van der Waals surface area contributed by atoms with Crippen LogP contribution in [-0.4, -0.2) is 0 Å².